The average Bonchev–Trinajstić information content (AvgIpc) is 3.25. The Bertz CT molecular complexity index is 1150. The van der Waals surface area contributed by atoms with Crippen LogP contribution in [0.5, 0.6) is 0 Å². The van der Waals surface area contributed by atoms with Gasteiger partial charge in [0.15, 0.2) is 5.78 Å². The number of thioether (sulfide) groups is 1. The number of aryl methyl sites for hydroxylation is 2. The van der Waals surface area contributed by atoms with E-state index in [-0.39, 0.29) is 23.0 Å². The van der Waals surface area contributed by atoms with Crippen LogP contribution in [0.3, 0.4) is 0 Å². The maximum atomic E-state index is 12.8. The van der Waals surface area contributed by atoms with Crippen LogP contribution >= 0.6 is 23.5 Å². The summed E-state index contributed by atoms with van der Waals surface area (Å²) in [6.45, 7) is 12.6. The average molecular weight is 512 g/mol. The number of hydrogen-bond acceptors (Lipinski definition) is 7. The van der Waals surface area contributed by atoms with Crippen molar-refractivity contribution in [1.82, 2.24) is 25.5 Å². The van der Waals surface area contributed by atoms with Crippen LogP contribution in [-0.4, -0.2) is 37.3 Å². The first kappa shape index (κ1) is 26.9. The third-order valence-electron chi connectivity index (χ3n) is 5.55. The standard InChI is InChI=1S/C26H33N5O2S2/c1-7-21(27-25(33)34-16-19-11-9-8-10-12-19)22(32)15-31-29-24(28-30-31)35-23-17(2)13-20(14-18(23)3)26(4,5)6/h8-14,21H,7,15-16H2,1-6H3,(H,27,33). The van der Waals surface area contributed by atoms with E-state index in [9.17, 15) is 9.59 Å². The molecule has 3 aromatic rings. The summed E-state index contributed by atoms with van der Waals surface area (Å²) in [5.41, 5.74) is 4.74. The summed E-state index contributed by atoms with van der Waals surface area (Å²) in [5, 5.41) is 15.7. The minimum absolute atomic E-state index is 0.0450. The van der Waals surface area contributed by atoms with Gasteiger partial charge in [-0.15, -0.1) is 10.2 Å². The Labute approximate surface area is 215 Å². The summed E-state index contributed by atoms with van der Waals surface area (Å²) < 4.78 is 0. The second-order valence-electron chi connectivity index (χ2n) is 9.53. The number of carbonyl (C=O) groups is 2. The second kappa shape index (κ2) is 11.9. The second-order valence-corrected chi connectivity index (χ2v) is 11.5. The number of benzene rings is 2. The molecule has 0 aliphatic heterocycles. The lowest BCUT2D eigenvalue weighted by atomic mass is 9.85. The Morgan fingerprint density at radius 2 is 1.74 bits per heavy atom. The van der Waals surface area contributed by atoms with Crippen LogP contribution in [0.15, 0.2) is 52.5 Å². The zero-order valence-corrected chi connectivity index (χ0v) is 22.8. The van der Waals surface area contributed by atoms with Gasteiger partial charge in [-0.05, 0) is 64.9 Å². The van der Waals surface area contributed by atoms with Crippen LogP contribution < -0.4 is 5.32 Å². The minimum Gasteiger partial charge on any atom is -0.337 e. The molecule has 3 rings (SSSR count). The molecule has 0 aliphatic carbocycles. The molecule has 0 fully saturated rings. The first-order valence-corrected chi connectivity index (χ1v) is 13.4. The monoisotopic (exact) mass is 511 g/mol. The number of ketones is 1. The van der Waals surface area contributed by atoms with E-state index in [0.717, 1.165) is 33.3 Å². The first-order chi connectivity index (χ1) is 16.6. The van der Waals surface area contributed by atoms with Gasteiger partial charge in [0, 0.05) is 10.6 Å². The van der Waals surface area contributed by atoms with Crippen molar-refractivity contribution in [1.29, 1.82) is 0 Å². The topological polar surface area (TPSA) is 89.8 Å². The third kappa shape index (κ3) is 7.67. The number of carbonyl (C=O) groups excluding carboxylic acids is 2. The Hall–Kier alpha value is -2.65. The lowest BCUT2D eigenvalue weighted by molar-refractivity contribution is -0.121. The smallest absolute Gasteiger partial charge is 0.279 e. The van der Waals surface area contributed by atoms with Gasteiger partial charge in [-0.1, -0.05) is 81.9 Å². The molecule has 1 amide bonds. The Kier molecular flexibility index (Phi) is 9.13. The number of tetrazole rings is 1. The highest BCUT2D eigenvalue weighted by molar-refractivity contribution is 8.12. The molecule has 0 saturated carbocycles. The van der Waals surface area contributed by atoms with Crippen molar-refractivity contribution in [3.05, 3.63) is 64.7 Å². The zero-order chi connectivity index (χ0) is 25.6. The van der Waals surface area contributed by atoms with Crippen LogP contribution in [-0.2, 0) is 22.5 Å². The predicted molar refractivity (Wildman–Crippen MR) is 142 cm³/mol. The van der Waals surface area contributed by atoms with Gasteiger partial charge in [0.1, 0.15) is 6.54 Å². The number of Topliss-reactive ketones (excluding diaryl/α,β-unsaturated/α-hetero) is 1. The van der Waals surface area contributed by atoms with Gasteiger partial charge < -0.3 is 5.32 Å². The molecule has 0 spiro atoms. The Morgan fingerprint density at radius 1 is 1.09 bits per heavy atom. The SMILES string of the molecule is CCC(NC(=O)SCc1ccccc1)C(=O)Cn1nnc(Sc2c(C)cc(C(C)(C)C)cc2C)n1. The number of aromatic nitrogens is 4. The van der Waals surface area contributed by atoms with Crippen LogP contribution in [0.2, 0.25) is 0 Å². The summed E-state index contributed by atoms with van der Waals surface area (Å²) in [7, 11) is 0. The fourth-order valence-corrected chi connectivity index (χ4v) is 5.09. The van der Waals surface area contributed by atoms with Gasteiger partial charge in [0.05, 0.1) is 6.04 Å². The van der Waals surface area contributed by atoms with Gasteiger partial charge in [-0.2, -0.15) is 4.80 Å². The number of nitrogens with one attached hydrogen (secondary N) is 1. The van der Waals surface area contributed by atoms with Crippen molar-refractivity contribution >= 4 is 34.5 Å². The van der Waals surface area contributed by atoms with E-state index < -0.39 is 6.04 Å². The molecule has 186 valence electrons. The van der Waals surface area contributed by atoms with Crippen LogP contribution in [0.4, 0.5) is 4.79 Å². The molecule has 9 heteroatoms. The molecular formula is C26H33N5O2S2. The van der Waals surface area contributed by atoms with Crippen LogP contribution in [0.1, 0.15) is 56.4 Å². The van der Waals surface area contributed by atoms with E-state index in [1.807, 2.05) is 37.3 Å². The lowest BCUT2D eigenvalue weighted by Crippen LogP contribution is -2.40. The molecule has 2 aromatic carbocycles. The van der Waals surface area contributed by atoms with E-state index >= 15 is 0 Å². The molecule has 1 aromatic heterocycles. The van der Waals surface area contributed by atoms with Crippen molar-refractivity contribution in [3.63, 3.8) is 0 Å². The molecule has 0 saturated heterocycles. The number of amides is 1. The Morgan fingerprint density at radius 3 is 2.34 bits per heavy atom. The molecule has 1 atom stereocenters. The summed E-state index contributed by atoms with van der Waals surface area (Å²) in [6, 6.07) is 13.6. The van der Waals surface area contributed by atoms with Crippen molar-refractivity contribution in [2.75, 3.05) is 0 Å². The Balaban J connectivity index is 1.58. The highest BCUT2D eigenvalue weighted by atomic mass is 32.2. The molecule has 1 heterocycles. The van der Waals surface area contributed by atoms with Gasteiger partial charge in [-0.3, -0.25) is 9.59 Å². The van der Waals surface area contributed by atoms with E-state index in [0.29, 0.717) is 17.3 Å². The summed E-state index contributed by atoms with van der Waals surface area (Å²) in [4.78, 5) is 27.5. The van der Waals surface area contributed by atoms with Crippen molar-refractivity contribution in [2.24, 2.45) is 0 Å². The van der Waals surface area contributed by atoms with Crippen molar-refractivity contribution in [3.8, 4) is 0 Å². The van der Waals surface area contributed by atoms with Gasteiger partial charge >= 0.3 is 0 Å². The van der Waals surface area contributed by atoms with Gasteiger partial charge in [0.25, 0.3) is 5.24 Å². The van der Waals surface area contributed by atoms with E-state index in [1.165, 1.54) is 22.1 Å². The highest BCUT2D eigenvalue weighted by Crippen LogP contribution is 2.34. The highest BCUT2D eigenvalue weighted by Gasteiger charge is 2.22. The van der Waals surface area contributed by atoms with Crippen molar-refractivity contribution < 1.29 is 9.59 Å². The predicted octanol–water partition coefficient (Wildman–Crippen LogP) is 5.73. The van der Waals surface area contributed by atoms with Crippen LogP contribution in [0, 0.1) is 13.8 Å². The lowest BCUT2D eigenvalue weighted by Gasteiger charge is -2.21. The van der Waals surface area contributed by atoms with E-state index in [4.69, 9.17) is 0 Å². The molecule has 7 nitrogen and oxygen atoms in total. The first-order valence-electron chi connectivity index (χ1n) is 11.6. The molecule has 35 heavy (non-hydrogen) atoms. The fraction of sp³-hybridized carbons (Fsp3) is 0.423. The van der Waals surface area contributed by atoms with Crippen LogP contribution in [0.25, 0.3) is 0 Å². The summed E-state index contributed by atoms with van der Waals surface area (Å²) in [6.07, 6.45) is 0.491. The quantitative estimate of drug-likeness (QED) is 0.392. The maximum Gasteiger partial charge on any atom is 0.279 e. The van der Waals surface area contributed by atoms with Gasteiger partial charge in [0.2, 0.25) is 5.16 Å². The summed E-state index contributed by atoms with van der Waals surface area (Å²) >= 11 is 2.60. The number of hydrogen-bond donors (Lipinski definition) is 1. The molecule has 0 bridgehead atoms. The number of rotatable bonds is 9. The normalized spacial score (nSPS) is 12.4. The zero-order valence-electron chi connectivity index (χ0n) is 21.2. The fourth-order valence-electron chi connectivity index (χ4n) is 3.54. The molecule has 0 aliphatic rings. The molecule has 1 unspecified atom stereocenters. The van der Waals surface area contributed by atoms with Gasteiger partial charge in [-0.25, -0.2) is 0 Å². The van der Waals surface area contributed by atoms with E-state index in [2.05, 4.69) is 67.5 Å². The molecule has 1 N–H and O–H groups in total. The third-order valence-corrected chi connectivity index (χ3v) is 7.60. The summed E-state index contributed by atoms with van der Waals surface area (Å²) in [5.74, 6) is 0.398. The number of nitrogens with zero attached hydrogens (tertiary/aromatic N) is 4. The largest absolute Gasteiger partial charge is 0.337 e. The van der Waals surface area contributed by atoms with Crippen molar-refractivity contribution in [2.45, 2.75) is 81.8 Å². The maximum absolute atomic E-state index is 12.8. The molecular weight excluding hydrogens is 478 g/mol. The molecule has 0 radical (unpaired) electrons. The van der Waals surface area contributed by atoms with E-state index in [1.54, 1.807) is 0 Å². The minimum atomic E-state index is -0.595.